The fraction of sp³-hybridized carbons (Fsp3) is 0.182. The highest BCUT2D eigenvalue weighted by Gasteiger charge is 1.88. The molecule has 64 valence electrons. The van der Waals surface area contributed by atoms with Crippen LogP contribution in [-0.4, -0.2) is 6.54 Å². The quantitative estimate of drug-likeness (QED) is 0.645. The molecule has 0 saturated carbocycles. The van der Waals surface area contributed by atoms with Gasteiger partial charge < -0.3 is 5.73 Å². The Hall–Kier alpha value is -1.77. The Labute approximate surface area is 78.0 Å². The van der Waals surface area contributed by atoms with E-state index < -0.39 is 0 Å². The summed E-state index contributed by atoms with van der Waals surface area (Å²) in [7, 11) is 0. The molecule has 0 radical (unpaired) electrons. The van der Waals surface area contributed by atoms with Gasteiger partial charge in [-0.2, -0.15) is 5.26 Å². The summed E-state index contributed by atoms with van der Waals surface area (Å²) in [5, 5.41) is 8.54. The first kappa shape index (κ1) is 9.32. The zero-order chi connectivity index (χ0) is 9.52. The van der Waals surface area contributed by atoms with Crippen molar-refractivity contribution in [2.75, 3.05) is 6.54 Å². The van der Waals surface area contributed by atoms with Crippen LogP contribution in [0.1, 0.15) is 17.5 Å². The molecule has 1 aromatic carbocycles. The molecule has 13 heavy (non-hydrogen) atoms. The Kier molecular flexibility index (Phi) is 3.57. The Bertz CT molecular complexity index is 360. The minimum absolute atomic E-state index is 0.587. The normalized spacial score (nSPS) is 8.31. The molecule has 0 unspecified atom stereocenters. The van der Waals surface area contributed by atoms with E-state index in [1.54, 1.807) is 12.1 Å². The fourth-order valence-corrected chi connectivity index (χ4v) is 0.865. The van der Waals surface area contributed by atoms with Gasteiger partial charge in [-0.25, -0.2) is 0 Å². The van der Waals surface area contributed by atoms with Crippen LogP contribution < -0.4 is 5.73 Å². The lowest BCUT2D eigenvalue weighted by molar-refractivity contribution is 1.03. The summed E-state index contributed by atoms with van der Waals surface area (Å²) >= 11 is 0. The maximum atomic E-state index is 8.54. The van der Waals surface area contributed by atoms with Crippen LogP contribution in [-0.2, 0) is 0 Å². The van der Waals surface area contributed by atoms with Crippen molar-refractivity contribution in [2.45, 2.75) is 6.42 Å². The molecule has 0 aromatic heterocycles. The predicted octanol–water partition coefficient (Wildman–Crippen LogP) is 1.26. The van der Waals surface area contributed by atoms with Crippen molar-refractivity contribution in [2.24, 2.45) is 5.73 Å². The molecule has 0 bridgehead atoms. The summed E-state index contributed by atoms with van der Waals surface area (Å²) in [6.07, 6.45) is 0.708. The molecule has 1 aromatic rings. The van der Waals surface area contributed by atoms with E-state index in [4.69, 9.17) is 11.0 Å². The number of nitriles is 1. The van der Waals surface area contributed by atoms with E-state index in [1.165, 1.54) is 0 Å². The molecule has 2 heteroatoms. The second-order valence-corrected chi connectivity index (χ2v) is 2.53. The molecule has 0 fully saturated rings. The zero-order valence-corrected chi connectivity index (χ0v) is 7.25. The zero-order valence-electron chi connectivity index (χ0n) is 7.25. The lowest BCUT2D eigenvalue weighted by atomic mass is 10.1. The maximum Gasteiger partial charge on any atom is 0.0991 e. The minimum atomic E-state index is 0.587. The van der Waals surface area contributed by atoms with Crippen LogP contribution in [0.15, 0.2) is 24.3 Å². The van der Waals surface area contributed by atoms with Crippen molar-refractivity contribution in [3.63, 3.8) is 0 Å². The average Bonchev–Trinajstić information content (AvgIpc) is 2.19. The number of rotatable bonds is 1. The molecule has 0 aliphatic heterocycles. The standard InChI is InChI=1S/C11H10N2/c12-8-2-1-3-10-4-6-11(9-13)7-5-10/h4-7H,2,8,12H2. The van der Waals surface area contributed by atoms with E-state index >= 15 is 0 Å². The Balaban J connectivity index is 2.72. The smallest absolute Gasteiger partial charge is 0.0991 e. The van der Waals surface area contributed by atoms with Gasteiger partial charge in [0.15, 0.2) is 0 Å². The van der Waals surface area contributed by atoms with E-state index in [2.05, 4.69) is 17.9 Å². The van der Waals surface area contributed by atoms with Crippen molar-refractivity contribution < 1.29 is 0 Å². The molecule has 0 heterocycles. The monoisotopic (exact) mass is 170 g/mol. The van der Waals surface area contributed by atoms with Gasteiger partial charge in [-0.15, -0.1) is 0 Å². The van der Waals surface area contributed by atoms with Gasteiger partial charge in [0, 0.05) is 18.5 Å². The van der Waals surface area contributed by atoms with Crippen LogP contribution in [0.5, 0.6) is 0 Å². The third kappa shape index (κ3) is 2.99. The summed E-state index contributed by atoms with van der Waals surface area (Å²) in [5.74, 6) is 5.89. The number of benzene rings is 1. The van der Waals surface area contributed by atoms with Gasteiger partial charge in [-0.05, 0) is 24.3 Å². The van der Waals surface area contributed by atoms with Crippen LogP contribution in [0.3, 0.4) is 0 Å². The van der Waals surface area contributed by atoms with E-state index in [9.17, 15) is 0 Å². The lowest BCUT2D eigenvalue weighted by Crippen LogP contribution is -1.95. The molecular weight excluding hydrogens is 160 g/mol. The molecule has 0 saturated heterocycles. The Morgan fingerprint density at radius 3 is 2.31 bits per heavy atom. The lowest BCUT2D eigenvalue weighted by Gasteiger charge is -1.89. The second kappa shape index (κ2) is 4.98. The van der Waals surface area contributed by atoms with E-state index in [0.29, 0.717) is 18.5 Å². The van der Waals surface area contributed by atoms with Crippen molar-refractivity contribution >= 4 is 0 Å². The van der Waals surface area contributed by atoms with Crippen molar-refractivity contribution in [1.82, 2.24) is 0 Å². The first-order valence-corrected chi connectivity index (χ1v) is 4.06. The summed E-state index contributed by atoms with van der Waals surface area (Å²) in [6, 6.07) is 9.24. The van der Waals surface area contributed by atoms with Crippen LogP contribution in [0.4, 0.5) is 0 Å². The van der Waals surface area contributed by atoms with Crippen LogP contribution in [0.25, 0.3) is 0 Å². The van der Waals surface area contributed by atoms with Crippen molar-refractivity contribution in [3.8, 4) is 17.9 Å². The third-order valence-electron chi connectivity index (χ3n) is 1.52. The molecule has 0 aliphatic rings. The minimum Gasteiger partial charge on any atom is -0.330 e. The molecule has 0 atom stereocenters. The summed E-state index contributed by atoms with van der Waals surface area (Å²) in [6.45, 7) is 0.587. The highest BCUT2D eigenvalue weighted by molar-refractivity contribution is 5.39. The van der Waals surface area contributed by atoms with Crippen molar-refractivity contribution in [3.05, 3.63) is 35.4 Å². The Morgan fingerprint density at radius 1 is 1.15 bits per heavy atom. The third-order valence-corrected chi connectivity index (χ3v) is 1.52. The SMILES string of the molecule is N#Cc1ccc(C#CCCN)cc1. The van der Waals surface area contributed by atoms with Gasteiger partial charge in [-0.3, -0.25) is 0 Å². The number of hydrogen-bond donors (Lipinski definition) is 1. The largest absolute Gasteiger partial charge is 0.330 e. The van der Waals surface area contributed by atoms with Crippen LogP contribution in [0.2, 0.25) is 0 Å². The maximum absolute atomic E-state index is 8.54. The van der Waals surface area contributed by atoms with Gasteiger partial charge in [0.25, 0.3) is 0 Å². The number of nitrogens with zero attached hydrogens (tertiary/aromatic N) is 1. The molecule has 0 spiro atoms. The second-order valence-electron chi connectivity index (χ2n) is 2.53. The average molecular weight is 170 g/mol. The molecule has 1 rings (SSSR count). The highest BCUT2D eigenvalue weighted by atomic mass is 14.5. The molecular formula is C11H10N2. The van der Waals surface area contributed by atoms with E-state index in [-0.39, 0.29) is 0 Å². The summed E-state index contributed by atoms with van der Waals surface area (Å²) in [4.78, 5) is 0. The van der Waals surface area contributed by atoms with Gasteiger partial charge in [0.2, 0.25) is 0 Å². The summed E-state index contributed by atoms with van der Waals surface area (Å²) in [5.41, 5.74) is 6.87. The van der Waals surface area contributed by atoms with Crippen molar-refractivity contribution in [1.29, 1.82) is 5.26 Å². The first-order valence-electron chi connectivity index (χ1n) is 4.06. The topological polar surface area (TPSA) is 49.8 Å². The van der Waals surface area contributed by atoms with E-state index in [1.807, 2.05) is 12.1 Å². The highest BCUT2D eigenvalue weighted by Crippen LogP contribution is 2.01. The first-order chi connectivity index (χ1) is 6.36. The number of hydrogen-bond acceptors (Lipinski definition) is 2. The molecule has 0 amide bonds. The van der Waals surface area contributed by atoms with Gasteiger partial charge in [-0.1, -0.05) is 11.8 Å². The van der Waals surface area contributed by atoms with Crippen LogP contribution in [0, 0.1) is 23.2 Å². The predicted molar refractivity (Wildman–Crippen MR) is 51.7 cm³/mol. The van der Waals surface area contributed by atoms with Crippen LogP contribution >= 0.6 is 0 Å². The molecule has 2 nitrogen and oxygen atoms in total. The van der Waals surface area contributed by atoms with Gasteiger partial charge in [0.05, 0.1) is 11.6 Å². The van der Waals surface area contributed by atoms with Gasteiger partial charge >= 0.3 is 0 Å². The molecule has 0 aliphatic carbocycles. The van der Waals surface area contributed by atoms with Gasteiger partial charge in [0.1, 0.15) is 0 Å². The number of nitrogens with two attached hydrogens (primary N) is 1. The molecule has 2 N–H and O–H groups in total. The Morgan fingerprint density at radius 2 is 1.77 bits per heavy atom. The fourth-order valence-electron chi connectivity index (χ4n) is 0.865. The van der Waals surface area contributed by atoms with E-state index in [0.717, 1.165) is 5.56 Å². The summed E-state index contributed by atoms with van der Waals surface area (Å²) < 4.78 is 0.